The van der Waals surface area contributed by atoms with Gasteiger partial charge in [0.05, 0.1) is 28.3 Å². The zero-order valence-corrected chi connectivity index (χ0v) is 21.3. The van der Waals surface area contributed by atoms with Crippen LogP contribution in [-0.4, -0.2) is 19.9 Å². The number of halogens is 1. The van der Waals surface area contributed by atoms with Crippen LogP contribution < -0.4 is 0 Å². The summed E-state index contributed by atoms with van der Waals surface area (Å²) in [6.45, 7) is 0. The topological polar surface area (TPSA) is 57.4 Å². The second kappa shape index (κ2) is 8.87. The van der Waals surface area contributed by atoms with Crippen LogP contribution in [0.5, 0.6) is 0 Å². The van der Waals surface area contributed by atoms with Gasteiger partial charge in [-0.1, -0.05) is 60.7 Å². The molecule has 37 heavy (non-hydrogen) atoms. The lowest BCUT2D eigenvalue weighted by molar-refractivity contribution is 1.31. The van der Waals surface area contributed by atoms with Crippen LogP contribution in [0.15, 0.2) is 95.5 Å². The number of hydrogen-bond donors (Lipinski definition) is 2. The summed E-state index contributed by atoms with van der Waals surface area (Å²) in [7, 11) is 0. The molecule has 5 heterocycles. The van der Waals surface area contributed by atoms with Crippen LogP contribution in [0.3, 0.4) is 0 Å². The largest absolute Gasteiger partial charge is 0.355 e. The molecule has 0 radical (unpaired) electrons. The van der Waals surface area contributed by atoms with E-state index in [1.807, 2.05) is 12.1 Å². The molecule has 2 N–H and O–H groups in total. The van der Waals surface area contributed by atoms with Crippen molar-refractivity contribution in [1.29, 1.82) is 0 Å². The molecule has 0 atom stereocenters. The minimum Gasteiger partial charge on any atom is -0.355 e. The third kappa shape index (κ3) is 4.03. The van der Waals surface area contributed by atoms with Crippen molar-refractivity contribution in [3.05, 3.63) is 118 Å². The van der Waals surface area contributed by atoms with Crippen LogP contribution in [-0.2, 0) is 0 Å². The van der Waals surface area contributed by atoms with Gasteiger partial charge < -0.3 is 9.97 Å². The van der Waals surface area contributed by atoms with E-state index in [0.29, 0.717) is 0 Å². The maximum Gasteiger partial charge on any atom is 0.0737 e. The van der Waals surface area contributed by atoms with Crippen molar-refractivity contribution in [3.8, 4) is 22.3 Å². The number of nitrogens with zero attached hydrogens (tertiary/aromatic N) is 2. The van der Waals surface area contributed by atoms with Gasteiger partial charge >= 0.3 is 0 Å². The molecule has 0 aliphatic carbocycles. The normalized spacial score (nSPS) is 12.2. The van der Waals surface area contributed by atoms with E-state index < -0.39 is 0 Å². The second-order valence-electron chi connectivity index (χ2n) is 9.06. The predicted octanol–water partition coefficient (Wildman–Crippen LogP) is 8.75. The fourth-order valence-corrected chi connectivity index (χ4v) is 5.48. The van der Waals surface area contributed by atoms with E-state index in [0.717, 1.165) is 71.6 Å². The predicted molar refractivity (Wildman–Crippen MR) is 157 cm³/mol. The Hall–Kier alpha value is -4.48. The van der Waals surface area contributed by atoms with Crippen molar-refractivity contribution in [2.75, 3.05) is 0 Å². The molecule has 2 aliphatic heterocycles. The van der Waals surface area contributed by atoms with E-state index in [-0.39, 0.29) is 0 Å². The molecule has 0 unspecified atom stereocenters. The monoisotopic (exact) mass is 540 g/mol. The van der Waals surface area contributed by atoms with Crippen molar-refractivity contribution in [3.63, 3.8) is 0 Å². The molecule has 0 amide bonds. The quantitative estimate of drug-likeness (QED) is 0.230. The summed E-state index contributed by atoms with van der Waals surface area (Å²) in [6, 6.07) is 31.2. The second-order valence-corrected chi connectivity index (χ2v) is 9.91. The number of H-pyrrole nitrogens is 2. The smallest absolute Gasteiger partial charge is 0.0737 e. The van der Waals surface area contributed by atoms with E-state index in [2.05, 4.69) is 129 Å². The SMILES string of the molecule is Brc1cc2cc3nc(c(-c4ccccc4)c4ccc(cc5nc(c(-c6ccccc6)c1[nH]2)C=C5)[nH]4)C=C3. The van der Waals surface area contributed by atoms with Gasteiger partial charge in [0, 0.05) is 32.1 Å². The van der Waals surface area contributed by atoms with Crippen molar-refractivity contribution in [1.82, 2.24) is 19.9 Å². The van der Waals surface area contributed by atoms with E-state index in [1.54, 1.807) is 0 Å². The van der Waals surface area contributed by atoms with Gasteiger partial charge in [0.25, 0.3) is 0 Å². The molecule has 4 nitrogen and oxygen atoms in total. The van der Waals surface area contributed by atoms with Gasteiger partial charge in [-0.25, -0.2) is 9.97 Å². The third-order valence-electron chi connectivity index (χ3n) is 6.59. The minimum absolute atomic E-state index is 0.893. The summed E-state index contributed by atoms with van der Waals surface area (Å²) in [4.78, 5) is 17.2. The molecule has 0 saturated heterocycles. The highest BCUT2D eigenvalue weighted by Gasteiger charge is 2.14. The molecule has 0 spiro atoms. The first-order chi connectivity index (χ1) is 18.2. The first-order valence-corrected chi connectivity index (χ1v) is 12.9. The molecule has 5 aromatic rings. The summed E-state index contributed by atoms with van der Waals surface area (Å²) in [6.07, 6.45) is 8.29. The average molecular weight is 541 g/mol. The molecular weight excluding hydrogens is 520 g/mol. The lowest BCUT2D eigenvalue weighted by Crippen LogP contribution is -1.86. The summed E-state index contributed by atoms with van der Waals surface area (Å²) < 4.78 is 0.979. The Morgan fingerprint density at radius 2 is 1.14 bits per heavy atom. The van der Waals surface area contributed by atoms with Crippen molar-refractivity contribution < 1.29 is 0 Å². The van der Waals surface area contributed by atoms with Crippen LogP contribution in [0, 0.1) is 0 Å². The van der Waals surface area contributed by atoms with Crippen LogP contribution in [0.4, 0.5) is 0 Å². The highest BCUT2D eigenvalue weighted by atomic mass is 79.9. The molecule has 2 aromatic carbocycles. The first kappa shape index (κ1) is 21.8. The lowest BCUT2D eigenvalue weighted by atomic mass is 10.0. The minimum atomic E-state index is 0.893. The number of aromatic amines is 2. The summed E-state index contributed by atoms with van der Waals surface area (Å²) in [5.41, 5.74) is 11.9. The third-order valence-corrected chi connectivity index (χ3v) is 7.21. The molecule has 2 aliphatic rings. The lowest BCUT2D eigenvalue weighted by Gasteiger charge is -2.04. The van der Waals surface area contributed by atoms with Crippen molar-refractivity contribution in [2.45, 2.75) is 0 Å². The maximum atomic E-state index is 5.01. The molecule has 8 bridgehead atoms. The van der Waals surface area contributed by atoms with Crippen molar-refractivity contribution in [2.24, 2.45) is 0 Å². The molecule has 176 valence electrons. The Labute approximate surface area is 222 Å². The number of rotatable bonds is 2. The molecule has 0 fully saturated rings. The number of nitrogens with one attached hydrogen (secondary N) is 2. The standard InChI is InChI=1S/C32H21BrN4/c33-26-19-25-18-24-12-15-28(35-24)30(20-7-3-1-4-8-20)27-14-11-22(34-27)17-23-13-16-29(36-23)31(32(26)37-25)21-9-5-2-6-10-21/h1-19,34,37H. The average Bonchev–Trinajstić information content (AvgIpc) is 3.72. The number of aromatic nitrogens is 4. The van der Waals surface area contributed by atoms with Crippen LogP contribution in [0.1, 0.15) is 22.8 Å². The zero-order chi connectivity index (χ0) is 24.8. The van der Waals surface area contributed by atoms with Gasteiger partial charge in [0.15, 0.2) is 0 Å². The fraction of sp³-hybridized carbons (Fsp3) is 0. The summed E-state index contributed by atoms with van der Waals surface area (Å²) >= 11 is 3.80. The molecule has 7 rings (SSSR count). The van der Waals surface area contributed by atoms with Crippen molar-refractivity contribution >= 4 is 62.3 Å². The highest BCUT2D eigenvalue weighted by molar-refractivity contribution is 9.10. The number of benzene rings is 2. The van der Waals surface area contributed by atoms with Crippen LogP contribution >= 0.6 is 15.9 Å². The summed E-state index contributed by atoms with van der Waals surface area (Å²) in [5, 5.41) is 0. The van der Waals surface area contributed by atoms with Gasteiger partial charge in [0.1, 0.15) is 0 Å². The van der Waals surface area contributed by atoms with E-state index in [9.17, 15) is 0 Å². The number of fused-ring (bicyclic) bond motifs is 8. The molecule has 5 heteroatoms. The van der Waals surface area contributed by atoms with Gasteiger partial charge in [-0.2, -0.15) is 0 Å². The van der Waals surface area contributed by atoms with Crippen LogP contribution in [0.2, 0.25) is 0 Å². The highest BCUT2D eigenvalue weighted by Crippen LogP contribution is 2.35. The van der Waals surface area contributed by atoms with E-state index in [1.165, 1.54) is 0 Å². The van der Waals surface area contributed by atoms with Gasteiger partial charge in [-0.05, 0) is 81.7 Å². The Bertz CT molecular complexity index is 1880. The molecular formula is C32H21BrN4. The Kier molecular flexibility index (Phi) is 5.22. The van der Waals surface area contributed by atoms with Gasteiger partial charge in [-0.3, -0.25) is 0 Å². The maximum absolute atomic E-state index is 5.01. The molecule has 0 saturated carbocycles. The van der Waals surface area contributed by atoms with Gasteiger partial charge in [-0.15, -0.1) is 0 Å². The molecule has 3 aromatic heterocycles. The first-order valence-electron chi connectivity index (χ1n) is 12.1. The fourth-order valence-electron chi connectivity index (χ4n) is 4.94. The van der Waals surface area contributed by atoms with E-state index >= 15 is 0 Å². The Morgan fingerprint density at radius 1 is 0.541 bits per heavy atom. The van der Waals surface area contributed by atoms with Crippen LogP contribution in [0.25, 0.3) is 68.6 Å². The van der Waals surface area contributed by atoms with Gasteiger partial charge in [0.2, 0.25) is 0 Å². The number of hydrogen-bond acceptors (Lipinski definition) is 2. The van der Waals surface area contributed by atoms with E-state index in [4.69, 9.17) is 9.97 Å². The Morgan fingerprint density at radius 3 is 1.81 bits per heavy atom. The Balaban J connectivity index is 1.61. The summed E-state index contributed by atoms with van der Waals surface area (Å²) in [5.74, 6) is 0. The zero-order valence-electron chi connectivity index (χ0n) is 19.7.